The molecule has 8 nitrogen and oxygen atoms in total. The van der Waals surface area contributed by atoms with E-state index < -0.39 is 0 Å². The van der Waals surface area contributed by atoms with Crippen LogP contribution in [0.15, 0.2) is 30.9 Å². The van der Waals surface area contributed by atoms with Crippen molar-refractivity contribution in [3.63, 3.8) is 0 Å². The lowest BCUT2D eigenvalue weighted by Crippen LogP contribution is -2.72. The van der Waals surface area contributed by atoms with Crippen LogP contribution in [-0.4, -0.2) is 91.1 Å². The lowest BCUT2D eigenvalue weighted by molar-refractivity contribution is -0.137. The van der Waals surface area contributed by atoms with Crippen LogP contribution in [0.2, 0.25) is 5.02 Å². The Morgan fingerprint density at radius 1 is 1.25 bits per heavy atom. The third-order valence-corrected chi connectivity index (χ3v) is 10.8. The van der Waals surface area contributed by atoms with E-state index in [9.17, 15) is 10.1 Å². The van der Waals surface area contributed by atoms with E-state index in [0.717, 1.165) is 43.8 Å². The van der Waals surface area contributed by atoms with Gasteiger partial charge in [0, 0.05) is 42.7 Å². The molecule has 0 bridgehead atoms. The molecule has 3 heterocycles. The highest BCUT2D eigenvalue weighted by atomic mass is 35.5. The number of nitrogens with one attached hydrogen (secondary N) is 2. The van der Waals surface area contributed by atoms with Gasteiger partial charge in [-0.3, -0.25) is 20.3 Å². The molecule has 3 saturated heterocycles. The maximum absolute atomic E-state index is 12.5. The summed E-state index contributed by atoms with van der Waals surface area (Å²) in [6.45, 7) is 7.57. The first kappa shape index (κ1) is 28.1. The first-order valence-electron chi connectivity index (χ1n) is 15.0. The van der Waals surface area contributed by atoms with E-state index in [1.54, 1.807) is 0 Å². The number of piperazine rings is 1. The first-order valence-corrected chi connectivity index (χ1v) is 15.4. The van der Waals surface area contributed by atoms with Gasteiger partial charge >= 0.3 is 0 Å². The maximum atomic E-state index is 12.5. The minimum absolute atomic E-state index is 0.0861. The van der Waals surface area contributed by atoms with Gasteiger partial charge in [-0.1, -0.05) is 30.3 Å². The Morgan fingerprint density at radius 2 is 2.12 bits per heavy atom. The zero-order valence-electron chi connectivity index (χ0n) is 23.7. The second kappa shape index (κ2) is 11.7. The Balaban J connectivity index is 1.21. The number of fused-ring (bicyclic) bond motifs is 2. The fourth-order valence-electron chi connectivity index (χ4n) is 8.29. The number of carbonyl (C=O) groups is 1. The van der Waals surface area contributed by atoms with Crippen molar-refractivity contribution in [3.05, 3.63) is 47.0 Å². The van der Waals surface area contributed by atoms with Gasteiger partial charge in [0.2, 0.25) is 5.91 Å². The summed E-state index contributed by atoms with van der Waals surface area (Å²) < 4.78 is 6.55. The Labute approximate surface area is 243 Å². The topological polar surface area (TPSA) is 83.9 Å². The molecule has 1 spiro atoms. The molecule has 1 aromatic rings. The van der Waals surface area contributed by atoms with Gasteiger partial charge in [-0.15, -0.1) is 0 Å². The molecule has 4 fully saturated rings. The number of hydrogen-bond acceptors (Lipinski definition) is 7. The highest BCUT2D eigenvalue weighted by Crippen LogP contribution is 2.51. The smallest absolute Gasteiger partial charge is 0.246 e. The summed E-state index contributed by atoms with van der Waals surface area (Å²) in [7, 11) is 2.19. The number of halogens is 1. The molecule has 2 N–H and O–H groups in total. The van der Waals surface area contributed by atoms with Crippen molar-refractivity contribution in [1.82, 2.24) is 25.3 Å². The van der Waals surface area contributed by atoms with Gasteiger partial charge in [-0.05, 0) is 87.2 Å². The highest BCUT2D eigenvalue weighted by molar-refractivity contribution is 6.31. The van der Waals surface area contributed by atoms with E-state index in [1.165, 1.54) is 36.5 Å². The number of likely N-dealkylation sites (tertiary alicyclic amines) is 1. The molecule has 5 aliphatic rings. The van der Waals surface area contributed by atoms with Crippen molar-refractivity contribution in [2.45, 2.75) is 82.0 Å². The highest BCUT2D eigenvalue weighted by Gasteiger charge is 2.51. The van der Waals surface area contributed by atoms with Gasteiger partial charge in [-0.25, -0.2) is 0 Å². The van der Waals surface area contributed by atoms with E-state index >= 15 is 0 Å². The van der Waals surface area contributed by atoms with Crippen LogP contribution in [0.25, 0.3) is 0 Å². The number of likely N-dealkylation sites (N-methyl/N-ethyl adjacent to an activating group) is 1. The number of nitriles is 1. The number of nitrogens with zero attached hydrogens (tertiary/aromatic N) is 4. The summed E-state index contributed by atoms with van der Waals surface area (Å²) in [5, 5.41) is 18.2. The zero-order chi connectivity index (χ0) is 27.9. The predicted molar refractivity (Wildman–Crippen MR) is 155 cm³/mol. The molecule has 7 atom stereocenters. The number of ether oxygens (including phenoxy) is 1. The van der Waals surface area contributed by atoms with Gasteiger partial charge in [0.25, 0.3) is 0 Å². The summed E-state index contributed by atoms with van der Waals surface area (Å²) in [4.78, 5) is 19.2. The van der Waals surface area contributed by atoms with Gasteiger partial charge in [-0.2, -0.15) is 5.26 Å². The molecule has 216 valence electrons. The standard InChI is InChI=1S/C31H43ClN6O2/c1-3-28(39)38-15-14-37(19-22(38)10-12-33)29-24-9-11-31(16-21-6-4-8-26(32)25(21)17-31)18-27(24)34-30(35-29)40-20-23-7-5-13-36(23)2/h3-4,6,8,22-24,27,29-30,34-35H,1,5,7,9-11,13-20H2,2H3/t22?,23?,24?,27?,29?,30?,31-/m1/s1. The van der Waals surface area contributed by atoms with Gasteiger partial charge in [0.15, 0.2) is 6.35 Å². The SMILES string of the molecule is C=CC(=O)N1CCN(C2NC(OCC3CCCN3C)NC3C[C@]4(CCC32)Cc2cccc(Cl)c2C4)CC1CC#N. The minimum atomic E-state index is -0.231. The second-order valence-electron chi connectivity index (χ2n) is 12.8. The summed E-state index contributed by atoms with van der Waals surface area (Å²) in [6.07, 6.45) is 9.53. The second-order valence-corrected chi connectivity index (χ2v) is 13.2. The monoisotopic (exact) mass is 566 g/mol. The molecule has 1 saturated carbocycles. The number of amides is 1. The molecule has 2 aliphatic carbocycles. The molecular weight excluding hydrogens is 524 g/mol. The Kier molecular flexibility index (Phi) is 8.24. The molecule has 1 aromatic carbocycles. The van der Waals surface area contributed by atoms with Crippen LogP contribution in [0, 0.1) is 22.7 Å². The summed E-state index contributed by atoms with van der Waals surface area (Å²) in [5.74, 6) is 0.334. The average molecular weight is 567 g/mol. The molecule has 6 unspecified atom stereocenters. The van der Waals surface area contributed by atoms with E-state index in [-0.39, 0.29) is 29.9 Å². The lowest BCUT2D eigenvalue weighted by atomic mass is 9.65. The lowest BCUT2D eigenvalue weighted by Gasteiger charge is -2.55. The van der Waals surface area contributed by atoms with Gasteiger partial charge in [0.05, 0.1) is 31.3 Å². The molecule has 3 aliphatic heterocycles. The Hall–Kier alpha value is -1.99. The molecule has 0 aromatic heterocycles. The zero-order valence-corrected chi connectivity index (χ0v) is 24.4. The van der Waals surface area contributed by atoms with Crippen LogP contribution in [0.5, 0.6) is 0 Å². The molecule has 1 amide bonds. The summed E-state index contributed by atoms with van der Waals surface area (Å²) >= 11 is 6.64. The van der Waals surface area contributed by atoms with Crippen molar-refractivity contribution in [1.29, 1.82) is 5.26 Å². The quantitative estimate of drug-likeness (QED) is 0.512. The number of rotatable bonds is 6. The van der Waals surface area contributed by atoms with Crippen LogP contribution >= 0.6 is 11.6 Å². The normalized spacial score (nSPS) is 36.3. The Bertz CT molecular complexity index is 1160. The largest absolute Gasteiger partial charge is 0.348 e. The first-order chi connectivity index (χ1) is 19.4. The third kappa shape index (κ3) is 5.45. The number of benzene rings is 1. The average Bonchev–Trinajstić information content (AvgIpc) is 3.54. The van der Waals surface area contributed by atoms with E-state index in [0.29, 0.717) is 44.1 Å². The van der Waals surface area contributed by atoms with Crippen LogP contribution in [0.4, 0.5) is 0 Å². The van der Waals surface area contributed by atoms with Crippen LogP contribution in [-0.2, 0) is 22.4 Å². The van der Waals surface area contributed by atoms with Gasteiger partial charge < -0.3 is 14.5 Å². The minimum Gasteiger partial charge on any atom is -0.348 e. The third-order valence-electron chi connectivity index (χ3n) is 10.4. The Morgan fingerprint density at radius 3 is 2.88 bits per heavy atom. The summed E-state index contributed by atoms with van der Waals surface area (Å²) in [6, 6.07) is 9.32. The number of hydrogen-bond donors (Lipinski definition) is 2. The van der Waals surface area contributed by atoms with E-state index in [4.69, 9.17) is 16.3 Å². The molecule has 40 heavy (non-hydrogen) atoms. The molecule has 9 heteroatoms. The fraction of sp³-hybridized carbons (Fsp3) is 0.677. The summed E-state index contributed by atoms with van der Waals surface area (Å²) in [5.41, 5.74) is 2.99. The van der Waals surface area contributed by atoms with Crippen molar-refractivity contribution >= 4 is 17.5 Å². The van der Waals surface area contributed by atoms with E-state index in [1.807, 2.05) is 11.0 Å². The van der Waals surface area contributed by atoms with Crippen molar-refractivity contribution in [2.75, 3.05) is 39.8 Å². The van der Waals surface area contributed by atoms with E-state index in [2.05, 4.69) is 52.3 Å². The van der Waals surface area contributed by atoms with Crippen LogP contribution in [0.1, 0.15) is 49.7 Å². The van der Waals surface area contributed by atoms with Gasteiger partial charge in [0.1, 0.15) is 0 Å². The fourth-order valence-corrected chi connectivity index (χ4v) is 8.56. The maximum Gasteiger partial charge on any atom is 0.246 e. The molecular formula is C31H43ClN6O2. The molecule has 6 rings (SSSR count). The van der Waals surface area contributed by atoms with Crippen molar-refractivity contribution in [2.24, 2.45) is 11.3 Å². The van der Waals surface area contributed by atoms with Crippen LogP contribution in [0.3, 0.4) is 0 Å². The van der Waals surface area contributed by atoms with Crippen molar-refractivity contribution in [3.8, 4) is 6.07 Å². The van der Waals surface area contributed by atoms with Crippen LogP contribution < -0.4 is 10.6 Å². The van der Waals surface area contributed by atoms with Crippen molar-refractivity contribution < 1.29 is 9.53 Å². The number of carbonyl (C=O) groups excluding carboxylic acids is 1. The molecule has 0 radical (unpaired) electrons. The predicted octanol–water partition coefficient (Wildman–Crippen LogP) is 3.12.